The SMILES string of the molecule is CSCc1cccc(C2(c3cccc(CSC)c3)c3ccccc3-c3ccccc32)c1. The van der Waals surface area contributed by atoms with Crippen molar-refractivity contribution < 1.29 is 0 Å². The first kappa shape index (κ1) is 20.5. The molecular formula is C29H26S2. The van der Waals surface area contributed by atoms with Crippen LogP contribution in [0.15, 0.2) is 97.1 Å². The van der Waals surface area contributed by atoms with Gasteiger partial charge in [-0.1, -0.05) is 97.1 Å². The zero-order valence-corrected chi connectivity index (χ0v) is 19.6. The van der Waals surface area contributed by atoms with Crippen molar-refractivity contribution in [2.24, 2.45) is 0 Å². The van der Waals surface area contributed by atoms with Crippen LogP contribution in [-0.4, -0.2) is 12.5 Å². The molecule has 154 valence electrons. The smallest absolute Gasteiger partial charge is 0.0713 e. The minimum atomic E-state index is -0.296. The molecule has 0 aromatic heterocycles. The van der Waals surface area contributed by atoms with E-state index in [-0.39, 0.29) is 5.41 Å². The van der Waals surface area contributed by atoms with Gasteiger partial charge in [0.1, 0.15) is 0 Å². The summed E-state index contributed by atoms with van der Waals surface area (Å²) in [6.45, 7) is 0. The quantitative estimate of drug-likeness (QED) is 0.265. The van der Waals surface area contributed by atoms with E-state index in [2.05, 4.69) is 110 Å². The monoisotopic (exact) mass is 438 g/mol. The van der Waals surface area contributed by atoms with Crippen molar-refractivity contribution in [3.63, 3.8) is 0 Å². The zero-order valence-electron chi connectivity index (χ0n) is 18.0. The predicted octanol–water partition coefficient (Wildman–Crippen LogP) is 7.78. The third kappa shape index (κ3) is 3.33. The number of fused-ring (bicyclic) bond motifs is 3. The van der Waals surface area contributed by atoms with Gasteiger partial charge in [-0.2, -0.15) is 23.5 Å². The normalized spacial score (nSPS) is 13.6. The summed E-state index contributed by atoms with van der Waals surface area (Å²) < 4.78 is 0. The molecule has 0 fully saturated rings. The minimum Gasteiger partial charge on any atom is -0.161 e. The van der Waals surface area contributed by atoms with Crippen LogP contribution in [0.5, 0.6) is 0 Å². The largest absolute Gasteiger partial charge is 0.161 e. The summed E-state index contributed by atoms with van der Waals surface area (Å²) >= 11 is 3.76. The first-order valence-electron chi connectivity index (χ1n) is 10.6. The second kappa shape index (κ2) is 8.61. The van der Waals surface area contributed by atoms with Crippen LogP contribution in [-0.2, 0) is 16.9 Å². The highest BCUT2D eigenvalue weighted by atomic mass is 32.2. The van der Waals surface area contributed by atoms with Crippen molar-refractivity contribution in [1.82, 2.24) is 0 Å². The number of thioether (sulfide) groups is 2. The molecule has 4 aromatic rings. The summed E-state index contributed by atoms with van der Waals surface area (Å²) in [5.41, 5.74) is 10.7. The fourth-order valence-electron chi connectivity index (χ4n) is 5.15. The van der Waals surface area contributed by atoms with Gasteiger partial charge in [-0.05, 0) is 57.0 Å². The van der Waals surface area contributed by atoms with Crippen LogP contribution in [0.2, 0.25) is 0 Å². The number of hydrogen-bond acceptors (Lipinski definition) is 2. The van der Waals surface area contributed by atoms with Gasteiger partial charge in [0.2, 0.25) is 0 Å². The van der Waals surface area contributed by atoms with E-state index in [1.807, 2.05) is 23.5 Å². The summed E-state index contributed by atoms with van der Waals surface area (Å²) in [5, 5.41) is 0. The van der Waals surface area contributed by atoms with Crippen molar-refractivity contribution in [2.75, 3.05) is 12.5 Å². The average Bonchev–Trinajstić information content (AvgIpc) is 3.11. The molecule has 4 aromatic carbocycles. The van der Waals surface area contributed by atoms with Crippen molar-refractivity contribution in [3.8, 4) is 11.1 Å². The van der Waals surface area contributed by atoms with Crippen molar-refractivity contribution in [3.05, 3.63) is 130 Å². The summed E-state index contributed by atoms with van der Waals surface area (Å²) in [7, 11) is 0. The molecule has 0 unspecified atom stereocenters. The molecule has 0 saturated carbocycles. The van der Waals surface area contributed by atoms with Gasteiger partial charge in [-0.15, -0.1) is 0 Å². The Morgan fingerprint density at radius 2 is 1.00 bits per heavy atom. The van der Waals surface area contributed by atoms with Crippen LogP contribution in [0.4, 0.5) is 0 Å². The van der Waals surface area contributed by atoms with Crippen LogP contribution < -0.4 is 0 Å². The number of rotatable bonds is 6. The molecule has 31 heavy (non-hydrogen) atoms. The fourth-order valence-corrected chi connectivity index (χ4v) is 6.17. The molecule has 0 nitrogen and oxygen atoms in total. The van der Waals surface area contributed by atoms with Crippen molar-refractivity contribution in [2.45, 2.75) is 16.9 Å². The van der Waals surface area contributed by atoms with E-state index in [4.69, 9.17) is 0 Å². The van der Waals surface area contributed by atoms with E-state index in [0.717, 1.165) is 11.5 Å². The molecule has 0 saturated heterocycles. The van der Waals surface area contributed by atoms with Crippen LogP contribution in [0.3, 0.4) is 0 Å². The molecule has 0 spiro atoms. The molecule has 0 N–H and O–H groups in total. The van der Waals surface area contributed by atoms with Gasteiger partial charge in [-0.3, -0.25) is 0 Å². The van der Waals surface area contributed by atoms with E-state index >= 15 is 0 Å². The van der Waals surface area contributed by atoms with E-state index < -0.39 is 0 Å². The molecule has 1 aliphatic carbocycles. The predicted molar refractivity (Wildman–Crippen MR) is 138 cm³/mol. The third-order valence-electron chi connectivity index (χ3n) is 6.29. The topological polar surface area (TPSA) is 0 Å². The van der Waals surface area contributed by atoms with Crippen LogP contribution in [0.1, 0.15) is 33.4 Å². The Morgan fingerprint density at radius 3 is 1.45 bits per heavy atom. The van der Waals surface area contributed by atoms with E-state index in [0.29, 0.717) is 0 Å². The molecule has 5 rings (SSSR count). The Balaban J connectivity index is 1.88. The van der Waals surface area contributed by atoms with Crippen molar-refractivity contribution in [1.29, 1.82) is 0 Å². The maximum Gasteiger partial charge on any atom is 0.0713 e. The van der Waals surface area contributed by atoms with Gasteiger partial charge in [0.25, 0.3) is 0 Å². The lowest BCUT2D eigenvalue weighted by atomic mass is 9.67. The van der Waals surface area contributed by atoms with Crippen LogP contribution in [0, 0.1) is 0 Å². The third-order valence-corrected chi connectivity index (χ3v) is 7.54. The molecule has 0 bridgehead atoms. The van der Waals surface area contributed by atoms with Gasteiger partial charge in [-0.25, -0.2) is 0 Å². The second-order valence-electron chi connectivity index (χ2n) is 8.11. The van der Waals surface area contributed by atoms with Crippen LogP contribution in [0.25, 0.3) is 11.1 Å². The lowest BCUT2D eigenvalue weighted by Crippen LogP contribution is -2.28. The summed E-state index contributed by atoms with van der Waals surface area (Å²) in [5.74, 6) is 2.06. The summed E-state index contributed by atoms with van der Waals surface area (Å²) in [4.78, 5) is 0. The zero-order chi connectivity index (χ0) is 21.3. The Kier molecular flexibility index (Phi) is 5.69. The maximum atomic E-state index is 2.43. The number of hydrogen-bond donors (Lipinski definition) is 0. The molecule has 2 heteroatoms. The Bertz CT molecular complexity index is 1130. The van der Waals surface area contributed by atoms with Crippen LogP contribution >= 0.6 is 23.5 Å². The highest BCUT2D eigenvalue weighted by Gasteiger charge is 2.45. The van der Waals surface area contributed by atoms with Crippen molar-refractivity contribution >= 4 is 23.5 Å². The summed E-state index contributed by atoms with van der Waals surface area (Å²) in [6, 6.07) is 36.4. The molecule has 0 aliphatic heterocycles. The molecule has 0 radical (unpaired) electrons. The maximum absolute atomic E-state index is 2.43. The molecule has 0 amide bonds. The van der Waals surface area contributed by atoms with Gasteiger partial charge >= 0.3 is 0 Å². The Hall–Kier alpha value is -2.42. The van der Waals surface area contributed by atoms with E-state index in [1.165, 1.54) is 44.5 Å². The summed E-state index contributed by atoms with van der Waals surface area (Å²) in [6.07, 6.45) is 4.35. The molecule has 0 heterocycles. The molecular weight excluding hydrogens is 412 g/mol. The Labute approximate surface area is 194 Å². The van der Waals surface area contributed by atoms with E-state index in [9.17, 15) is 0 Å². The van der Waals surface area contributed by atoms with Gasteiger partial charge in [0, 0.05) is 11.5 Å². The average molecular weight is 439 g/mol. The molecule has 0 atom stereocenters. The highest BCUT2D eigenvalue weighted by Crippen LogP contribution is 2.56. The number of benzene rings is 4. The van der Waals surface area contributed by atoms with Gasteiger partial charge in [0.05, 0.1) is 5.41 Å². The van der Waals surface area contributed by atoms with Gasteiger partial charge in [0.15, 0.2) is 0 Å². The van der Waals surface area contributed by atoms with E-state index in [1.54, 1.807) is 0 Å². The fraction of sp³-hybridized carbons (Fsp3) is 0.172. The van der Waals surface area contributed by atoms with Gasteiger partial charge < -0.3 is 0 Å². The second-order valence-corrected chi connectivity index (χ2v) is 9.84. The lowest BCUT2D eigenvalue weighted by Gasteiger charge is -2.34. The highest BCUT2D eigenvalue weighted by molar-refractivity contribution is 7.98. The lowest BCUT2D eigenvalue weighted by molar-refractivity contribution is 0.766. The first-order chi connectivity index (χ1) is 15.3. The first-order valence-corrected chi connectivity index (χ1v) is 13.4. The minimum absolute atomic E-state index is 0.296. The standard InChI is InChI=1S/C29H26S2/c1-30-19-21-9-7-11-23(17-21)29(24-12-8-10-22(18-24)20-31-2)27-15-5-3-13-25(27)26-14-4-6-16-28(26)29/h3-18H,19-20H2,1-2H3. The molecule has 1 aliphatic rings. The Morgan fingerprint density at radius 1 is 0.548 bits per heavy atom.